The van der Waals surface area contributed by atoms with Crippen molar-refractivity contribution in [1.82, 2.24) is 0 Å². The van der Waals surface area contributed by atoms with Crippen LogP contribution in [0.3, 0.4) is 0 Å². The van der Waals surface area contributed by atoms with Crippen LogP contribution in [-0.2, 0) is 0 Å². The molecule has 2 unspecified atom stereocenters. The van der Waals surface area contributed by atoms with Crippen LogP contribution < -0.4 is 0 Å². The van der Waals surface area contributed by atoms with Crippen LogP contribution in [-0.4, -0.2) is 24.5 Å². The van der Waals surface area contributed by atoms with E-state index in [0.717, 1.165) is 0 Å². The molecule has 0 heterocycles. The van der Waals surface area contributed by atoms with E-state index in [9.17, 15) is 0 Å². The lowest BCUT2D eigenvalue weighted by atomic mass is 9.20. The Morgan fingerprint density at radius 2 is 0.545 bits per heavy atom. The van der Waals surface area contributed by atoms with E-state index in [1.165, 1.54) is 14.3 Å². The fourth-order valence-corrected chi connectivity index (χ4v) is 4.43. The predicted octanol–water partition coefficient (Wildman–Crippen LogP) is 5.10. The molecule has 22 heavy (non-hydrogen) atoms. The quantitative estimate of drug-likeness (QED) is 0.494. The van der Waals surface area contributed by atoms with E-state index in [2.05, 4.69) is 102 Å². The third kappa shape index (κ3) is 4.33. The van der Waals surface area contributed by atoms with E-state index in [0.29, 0.717) is 0 Å². The molecule has 0 amide bonds. The highest BCUT2D eigenvalue weighted by Gasteiger charge is 2.52. The molecule has 2 atom stereocenters. The lowest BCUT2D eigenvalue weighted by Gasteiger charge is -2.56. The predicted molar refractivity (Wildman–Crippen MR) is 117 cm³/mol. The summed E-state index contributed by atoms with van der Waals surface area (Å²) in [6, 6.07) is 0. The Morgan fingerprint density at radius 3 is 0.636 bits per heavy atom. The van der Waals surface area contributed by atoms with Gasteiger partial charge in [-0.3, -0.25) is 0 Å². The SMILES string of the molecule is CC(C)(C)C(P)(BBC(P)(C(C)(C)C)C(C)(C)C)C(C)(C)C. The van der Waals surface area contributed by atoms with E-state index in [-0.39, 0.29) is 31.8 Å². The zero-order valence-electron chi connectivity index (χ0n) is 17.6. The van der Waals surface area contributed by atoms with Crippen molar-refractivity contribution in [2.24, 2.45) is 21.7 Å². The Bertz CT molecular complexity index is 310. The van der Waals surface area contributed by atoms with Gasteiger partial charge in [-0.2, -0.15) is 0 Å². The van der Waals surface area contributed by atoms with Crippen LogP contribution in [0.2, 0.25) is 0 Å². The fraction of sp³-hybridized carbons (Fsp3) is 1.00. The summed E-state index contributed by atoms with van der Waals surface area (Å²) < 4.78 is 0. The average Bonchev–Trinajstić information content (AvgIpc) is 2.18. The van der Waals surface area contributed by atoms with Gasteiger partial charge >= 0.3 is 0 Å². The van der Waals surface area contributed by atoms with Crippen LogP contribution in [0.1, 0.15) is 83.1 Å². The van der Waals surface area contributed by atoms with Crippen molar-refractivity contribution < 1.29 is 0 Å². The molecular weight excluding hydrogens is 300 g/mol. The largest absolute Gasteiger partial charge is 0.139 e. The molecule has 0 radical (unpaired) electrons. The van der Waals surface area contributed by atoms with Crippen molar-refractivity contribution >= 4 is 32.8 Å². The first-order chi connectivity index (χ1) is 9.21. The van der Waals surface area contributed by atoms with Crippen LogP contribution in [0.4, 0.5) is 0 Å². The highest BCUT2D eigenvalue weighted by atomic mass is 31.0. The summed E-state index contributed by atoms with van der Waals surface area (Å²) in [4.78, 5) is 0. The molecule has 0 aliphatic carbocycles. The minimum absolute atomic E-state index is 0.221. The molecule has 0 spiro atoms. The Morgan fingerprint density at radius 1 is 0.409 bits per heavy atom. The number of hydrogen-bond donors (Lipinski definition) is 0. The van der Waals surface area contributed by atoms with Gasteiger partial charge in [0, 0.05) is 0 Å². The first-order valence-corrected chi connectivity index (χ1v) is 9.94. The Hall–Kier alpha value is 0.990. The topological polar surface area (TPSA) is 0 Å². The van der Waals surface area contributed by atoms with Gasteiger partial charge in [0.15, 0.2) is 0 Å². The lowest BCUT2D eigenvalue weighted by molar-refractivity contribution is 0.204. The van der Waals surface area contributed by atoms with E-state index in [4.69, 9.17) is 0 Å². The molecule has 130 valence electrons. The van der Waals surface area contributed by atoms with E-state index < -0.39 is 0 Å². The minimum Gasteiger partial charge on any atom is -0.139 e. The zero-order chi connectivity index (χ0) is 18.4. The van der Waals surface area contributed by atoms with Crippen LogP contribution >= 0.6 is 18.5 Å². The molecule has 0 aromatic rings. The molecule has 0 saturated carbocycles. The molecule has 0 bridgehead atoms. The van der Waals surface area contributed by atoms with Gasteiger partial charge in [-0.25, -0.2) is 0 Å². The van der Waals surface area contributed by atoms with E-state index in [1.807, 2.05) is 0 Å². The molecule has 0 aromatic heterocycles. The molecule has 0 nitrogen and oxygen atoms in total. The molecule has 4 heteroatoms. The van der Waals surface area contributed by atoms with Crippen LogP contribution in [0.25, 0.3) is 0 Å². The van der Waals surface area contributed by atoms with Crippen LogP contribution in [0.15, 0.2) is 0 Å². The second-order valence-corrected chi connectivity index (χ2v) is 13.4. The van der Waals surface area contributed by atoms with Gasteiger partial charge < -0.3 is 0 Å². The van der Waals surface area contributed by atoms with Crippen molar-refractivity contribution in [3.63, 3.8) is 0 Å². The third-order valence-electron chi connectivity index (χ3n) is 6.27. The summed E-state index contributed by atoms with van der Waals surface area (Å²) >= 11 is 0. The Balaban J connectivity index is 5.72. The highest BCUT2D eigenvalue weighted by molar-refractivity contribution is 7.34. The summed E-state index contributed by atoms with van der Waals surface area (Å²) in [6.07, 6.45) is 0. The van der Waals surface area contributed by atoms with Crippen molar-refractivity contribution in [3.05, 3.63) is 0 Å². The maximum atomic E-state index is 3.26. The van der Waals surface area contributed by atoms with Gasteiger partial charge in [0.1, 0.15) is 14.3 Å². The van der Waals surface area contributed by atoms with Gasteiger partial charge in [-0.05, 0) is 31.8 Å². The van der Waals surface area contributed by atoms with Gasteiger partial charge in [-0.1, -0.05) is 83.1 Å². The Kier molecular flexibility index (Phi) is 6.66. The number of rotatable bonds is 3. The fourth-order valence-electron chi connectivity index (χ4n) is 4.14. The number of hydrogen-bond acceptors (Lipinski definition) is 0. The summed E-state index contributed by atoms with van der Waals surface area (Å²) in [5.41, 5.74) is 1.04. The lowest BCUT2D eigenvalue weighted by Crippen LogP contribution is -2.61. The maximum absolute atomic E-state index is 3.26. The summed E-state index contributed by atoms with van der Waals surface area (Å²) in [6.45, 7) is 28.7. The first kappa shape index (κ1) is 23.0. The van der Waals surface area contributed by atoms with Crippen molar-refractivity contribution in [3.8, 4) is 0 Å². The molecule has 0 fully saturated rings. The summed E-state index contributed by atoms with van der Waals surface area (Å²) in [5.74, 6) is 0. The van der Waals surface area contributed by atoms with Crippen LogP contribution in [0, 0.1) is 21.7 Å². The van der Waals surface area contributed by atoms with E-state index in [1.54, 1.807) is 0 Å². The molecular formula is C18H42B2P2. The maximum Gasteiger partial charge on any atom is 0.102 e. The summed E-state index contributed by atoms with van der Waals surface area (Å²) in [5, 5.41) is 0.441. The standard InChI is InChI=1S/C18H42B2P2/c1-13(2,3)17(21,14(4,5)6)19-20-18(22,15(7,8)9)16(10,11)12/h19-20H,21-22H2,1-12H3. The van der Waals surface area contributed by atoms with Gasteiger partial charge in [0.05, 0.1) is 0 Å². The van der Waals surface area contributed by atoms with Crippen molar-refractivity contribution in [1.29, 1.82) is 0 Å². The van der Waals surface area contributed by atoms with Crippen LogP contribution in [0.5, 0.6) is 0 Å². The zero-order valence-corrected chi connectivity index (χ0v) is 19.9. The minimum atomic E-state index is 0.221. The van der Waals surface area contributed by atoms with Gasteiger partial charge in [-0.15, -0.1) is 18.5 Å². The van der Waals surface area contributed by atoms with Gasteiger partial charge in [0.2, 0.25) is 0 Å². The second-order valence-electron chi connectivity index (χ2n) is 11.4. The molecule has 0 aliphatic heterocycles. The summed E-state index contributed by atoms with van der Waals surface area (Å²) in [7, 11) is 8.97. The Labute approximate surface area is 148 Å². The van der Waals surface area contributed by atoms with E-state index >= 15 is 0 Å². The molecule has 0 aromatic carbocycles. The van der Waals surface area contributed by atoms with Crippen molar-refractivity contribution in [2.45, 2.75) is 93.2 Å². The average molecular weight is 342 g/mol. The van der Waals surface area contributed by atoms with Gasteiger partial charge in [0.25, 0.3) is 0 Å². The molecule has 0 saturated heterocycles. The molecule has 0 N–H and O–H groups in total. The first-order valence-electron chi connectivity index (χ1n) is 8.78. The highest BCUT2D eigenvalue weighted by Crippen LogP contribution is 2.53. The molecule has 0 rings (SSSR count). The van der Waals surface area contributed by atoms with Crippen molar-refractivity contribution in [2.75, 3.05) is 0 Å². The second kappa shape index (κ2) is 6.37. The normalized spacial score (nSPS) is 15.7. The third-order valence-corrected chi connectivity index (χ3v) is 10.3. The monoisotopic (exact) mass is 342 g/mol. The smallest absolute Gasteiger partial charge is 0.102 e. The molecule has 0 aliphatic rings.